The van der Waals surface area contributed by atoms with Gasteiger partial charge in [0, 0.05) is 19.6 Å². The summed E-state index contributed by atoms with van der Waals surface area (Å²) in [5.74, 6) is -0.470. The molecule has 23 heavy (non-hydrogen) atoms. The van der Waals surface area contributed by atoms with Crippen molar-refractivity contribution in [3.05, 3.63) is 29.8 Å². The van der Waals surface area contributed by atoms with Crippen LogP contribution in [0.2, 0.25) is 0 Å². The highest BCUT2D eigenvalue weighted by atomic mass is 32.2. The number of carbonyl (C=O) groups excluding carboxylic acids is 2. The molecule has 0 spiro atoms. The molecule has 1 N–H and O–H groups in total. The van der Waals surface area contributed by atoms with Crippen molar-refractivity contribution in [1.82, 2.24) is 14.5 Å². The molecule has 0 saturated carbocycles. The minimum atomic E-state index is -3.67. The lowest BCUT2D eigenvalue weighted by atomic mass is 10.1. The fraction of sp³-hybridized carbons (Fsp3) is 0.467. The van der Waals surface area contributed by atoms with Crippen molar-refractivity contribution in [3.63, 3.8) is 0 Å². The summed E-state index contributed by atoms with van der Waals surface area (Å²) in [5, 5.41) is 2.60. The zero-order chi connectivity index (χ0) is 16.8. The standard InChI is InChI=1S/C15H19N3O4S/c1-10-3-5-12(6-4-10)23(21,22)17-7-8-18-13(9-17)14(19)16-11(2)15(18)20/h3-6,11,13H,7-9H2,1-2H3,(H,16,19)/t11-,13+/m0/s1. The van der Waals surface area contributed by atoms with Crippen LogP contribution in [-0.4, -0.2) is 61.2 Å². The first-order chi connectivity index (χ1) is 10.8. The van der Waals surface area contributed by atoms with E-state index in [0.29, 0.717) is 0 Å². The average Bonchev–Trinajstić information content (AvgIpc) is 2.52. The molecule has 0 bridgehead atoms. The average molecular weight is 337 g/mol. The summed E-state index contributed by atoms with van der Waals surface area (Å²) in [6.07, 6.45) is 0. The van der Waals surface area contributed by atoms with Gasteiger partial charge in [-0.1, -0.05) is 17.7 Å². The Balaban J connectivity index is 1.85. The Morgan fingerprint density at radius 1 is 1.13 bits per heavy atom. The zero-order valence-corrected chi connectivity index (χ0v) is 13.8. The normalized spacial score (nSPS) is 25.9. The van der Waals surface area contributed by atoms with Crippen molar-refractivity contribution in [2.75, 3.05) is 19.6 Å². The Labute approximate surface area is 135 Å². The Kier molecular flexibility index (Phi) is 3.89. The number of benzene rings is 1. The maximum atomic E-state index is 12.7. The fourth-order valence-electron chi connectivity index (χ4n) is 2.94. The molecule has 2 aliphatic rings. The van der Waals surface area contributed by atoms with Gasteiger partial charge in [-0.15, -0.1) is 0 Å². The molecule has 3 rings (SSSR count). The summed E-state index contributed by atoms with van der Waals surface area (Å²) < 4.78 is 26.7. The Morgan fingerprint density at radius 2 is 1.78 bits per heavy atom. The quantitative estimate of drug-likeness (QED) is 0.804. The summed E-state index contributed by atoms with van der Waals surface area (Å²) in [4.78, 5) is 25.9. The molecule has 2 aliphatic heterocycles. The Hall–Kier alpha value is -1.93. The van der Waals surface area contributed by atoms with Crippen LogP contribution in [0.25, 0.3) is 0 Å². The first-order valence-corrected chi connectivity index (χ1v) is 8.92. The molecule has 0 aromatic heterocycles. The molecular formula is C15H19N3O4S. The summed E-state index contributed by atoms with van der Waals surface area (Å²) in [6, 6.07) is 5.28. The van der Waals surface area contributed by atoms with Crippen LogP contribution in [0.3, 0.4) is 0 Å². The highest BCUT2D eigenvalue weighted by Gasteiger charge is 2.44. The largest absolute Gasteiger partial charge is 0.343 e. The van der Waals surface area contributed by atoms with Crippen molar-refractivity contribution < 1.29 is 18.0 Å². The highest BCUT2D eigenvalue weighted by Crippen LogP contribution is 2.22. The monoisotopic (exact) mass is 337 g/mol. The molecular weight excluding hydrogens is 318 g/mol. The van der Waals surface area contributed by atoms with Crippen molar-refractivity contribution in [2.45, 2.75) is 30.8 Å². The van der Waals surface area contributed by atoms with E-state index in [-0.39, 0.29) is 36.3 Å². The maximum absolute atomic E-state index is 12.7. The third-order valence-corrected chi connectivity index (χ3v) is 6.20. The lowest BCUT2D eigenvalue weighted by molar-refractivity contribution is -0.151. The number of hydrogen-bond acceptors (Lipinski definition) is 4. The van der Waals surface area contributed by atoms with E-state index in [4.69, 9.17) is 0 Å². The van der Waals surface area contributed by atoms with E-state index in [2.05, 4.69) is 5.32 Å². The van der Waals surface area contributed by atoms with Gasteiger partial charge in [0.1, 0.15) is 12.1 Å². The first-order valence-electron chi connectivity index (χ1n) is 7.48. The minimum Gasteiger partial charge on any atom is -0.343 e. The van der Waals surface area contributed by atoms with E-state index in [1.165, 1.54) is 9.21 Å². The molecule has 1 aromatic carbocycles. The molecule has 0 aliphatic carbocycles. The molecule has 2 saturated heterocycles. The van der Waals surface area contributed by atoms with Gasteiger partial charge in [0.2, 0.25) is 21.8 Å². The fourth-order valence-corrected chi connectivity index (χ4v) is 4.38. The summed E-state index contributed by atoms with van der Waals surface area (Å²) >= 11 is 0. The molecule has 7 nitrogen and oxygen atoms in total. The van der Waals surface area contributed by atoms with Crippen LogP contribution in [0.1, 0.15) is 12.5 Å². The molecule has 8 heteroatoms. The number of aryl methyl sites for hydroxylation is 1. The van der Waals surface area contributed by atoms with E-state index in [1.807, 2.05) is 6.92 Å². The van der Waals surface area contributed by atoms with Crippen LogP contribution >= 0.6 is 0 Å². The van der Waals surface area contributed by atoms with Crippen LogP contribution < -0.4 is 5.32 Å². The number of carbonyl (C=O) groups is 2. The second-order valence-electron chi connectivity index (χ2n) is 5.95. The topological polar surface area (TPSA) is 86.8 Å². The van der Waals surface area contributed by atoms with Gasteiger partial charge in [0.15, 0.2) is 0 Å². The van der Waals surface area contributed by atoms with Crippen molar-refractivity contribution in [3.8, 4) is 0 Å². The first kappa shape index (κ1) is 15.9. The minimum absolute atomic E-state index is 0.0134. The zero-order valence-electron chi connectivity index (χ0n) is 13.0. The van der Waals surface area contributed by atoms with E-state index < -0.39 is 22.1 Å². The van der Waals surface area contributed by atoms with E-state index in [0.717, 1.165) is 5.56 Å². The third-order valence-electron chi connectivity index (χ3n) is 4.32. The van der Waals surface area contributed by atoms with Gasteiger partial charge in [-0.2, -0.15) is 4.31 Å². The molecule has 2 heterocycles. The molecule has 2 fully saturated rings. The molecule has 2 atom stereocenters. The van der Waals surface area contributed by atoms with E-state index in [1.54, 1.807) is 31.2 Å². The highest BCUT2D eigenvalue weighted by molar-refractivity contribution is 7.89. The maximum Gasteiger partial charge on any atom is 0.245 e. The lowest BCUT2D eigenvalue weighted by Crippen LogP contribution is -2.69. The predicted molar refractivity (Wildman–Crippen MR) is 83.0 cm³/mol. The van der Waals surface area contributed by atoms with Gasteiger partial charge < -0.3 is 10.2 Å². The van der Waals surface area contributed by atoms with Crippen LogP contribution in [0, 0.1) is 6.92 Å². The van der Waals surface area contributed by atoms with Crippen molar-refractivity contribution >= 4 is 21.8 Å². The van der Waals surface area contributed by atoms with Gasteiger partial charge in [-0.05, 0) is 26.0 Å². The Bertz CT molecular complexity index is 744. The second kappa shape index (κ2) is 5.61. The number of amides is 2. The molecule has 124 valence electrons. The molecule has 1 aromatic rings. The van der Waals surface area contributed by atoms with Crippen molar-refractivity contribution in [1.29, 1.82) is 0 Å². The van der Waals surface area contributed by atoms with Crippen LogP contribution in [0.15, 0.2) is 29.2 Å². The van der Waals surface area contributed by atoms with E-state index >= 15 is 0 Å². The van der Waals surface area contributed by atoms with Gasteiger partial charge in [-0.3, -0.25) is 9.59 Å². The van der Waals surface area contributed by atoms with Gasteiger partial charge in [-0.25, -0.2) is 8.42 Å². The molecule has 0 radical (unpaired) electrons. The molecule has 2 amide bonds. The Morgan fingerprint density at radius 3 is 2.43 bits per heavy atom. The number of fused-ring (bicyclic) bond motifs is 1. The lowest BCUT2D eigenvalue weighted by Gasteiger charge is -2.44. The number of hydrogen-bond donors (Lipinski definition) is 1. The predicted octanol–water partition coefficient (Wildman–Crippen LogP) is -0.285. The second-order valence-corrected chi connectivity index (χ2v) is 7.89. The van der Waals surface area contributed by atoms with Gasteiger partial charge >= 0.3 is 0 Å². The smallest absolute Gasteiger partial charge is 0.245 e. The summed E-state index contributed by atoms with van der Waals surface area (Å²) in [7, 11) is -3.67. The number of sulfonamides is 1. The van der Waals surface area contributed by atoms with Crippen LogP contribution in [0.4, 0.5) is 0 Å². The summed E-state index contributed by atoms with van der Waals surface area (Å²) in [6.45, 7) is 3.92. The number of rotatable bonds is 2. The third kappa shape index (κ3) is 2.72. The van der Waals surface area contributed by atoms with Crippen LogP contribution in [-0.2, 0) is 19.6 Å². The van der Waals surface area contributed by atoms with E-state index in [9.17, 15) is 18.0 Å². The van der Waals surface area contributed by atoms with Gasteiger partial charge in [0.25, 0.3) is 0 Å². The number of nitrogens with one attached hydrogen (secondary N) is 1. The number of piperazine rings is 2. The van der Waals surface area contributed by atoms with Gasteiger partial charge in [0.05, 0.1) is 4.90 Å². The van der Waals surface area contributed by atoms with Crippen molar-refractivity contribution in [2.24, 2.45) is 0 Å². The molecule has 0 unspecified atom stereocenters. The van der Waals surface area contributed by atoms with Crippen LogP contribution in [0.5, 0.6) is 0 Å². The number of nitrogens with zero attached hydrogens (tertiary/aromatic N) is 2. The summed E-state index contributed by atoms with van der Waals surface area (Å²) in [5.41, 5.74) is 0.972. The SMILES string of the molecule is Cc1ccc(S(=O)(=O)N2CCN3C(=O)[C@H](C)NC(=O)[C@H]3C2)cc1.